The van der Waals surface area contributed by atoms with Gasteiger partial charge in [-0.15, -0.1) is 0 Å². The molecule has 0 aliphatic carbocycles. The molecule has 100 valence electrons. The summed E-state index contributed by atoms with van der Waals surface area (Å²) in [5.74, 6) is -0.438. The number of hydrogen-bond donors (Lipinski definition) is 1. The molecule has 1 aromatic carbocycles. The van der Waals surface area contributed by atoms with E-state index < -0.39 is 5.41 Å². The van der Waals surface area contributed by atoms with Crippen molar-refractivity contribution in [1.29, 1.82) is 0 Å². The van der Waals surface area contributed by atoms with E-state index in [2.05, 4.69) is 5.32 Å². The summed E-state index contributed by atoms with van der Waals surface area (Å²) >= 11 is 0. The Morgan fingerprint density at radius 2 is 2.06 bits per heavy atom. The molecule has 0 saturated heterocycles. The SMILES string of the molecule is COC(=O)C(C)(C)CNCCc1ccccc1F. The van der Waals surface area contributed by atoms with Gasteiger partial charge in [0.25, 0.3) is 0 Å². The molecule has 1 aromatic rings. The first-order valence-corrected chi connectivity index (χ1v) is 6.00. The van der Waals surface area contributed by atoms with Crippen molar-refractivity contribution >= 4 is 5.97 Å². The maximum Gasteiger partial charge on any atom is 0.312 e. The topological polar surface area (TPSA) is 38.3 Å². The lowest BCUT2D eigenvalue weighted by Gasteiger charge is -2.21. The number of benzene rings is 1. The van der Waals surface area contributed by atoms with Gasteiger partial charge in [0, 0.05) is 6.54 Å². The first-order valence-electron chi connectivity index (χ1n) is 6.00. The van der Waals surface area contributed by atoms with Gasteiger partial charge in [0.2, 0.25) is 0 Å². The summed E-state index contributed by atoms with van der Waals surface area (Å²) in [6, 6.07) is 6.71. The number of esters is 1. The van der Waals surface area contributed by atoms with E-state index in [-0.39, 0.29) is 11.8 Å². The highest BCUT2D eigenvalue weighted by Crippen LogP contribution is 2.15. The molecule has 3 nitrogen and oxygen atoms in total. The quantitative estimate of drug-likeness (QED) is 0.623. The van der Waals surface area contributed by atoms with Crippen molar-refractivity contribution in [2.24, 2.45) is 5.41 Å². The van der Waals surface area contributed by atoms with Crippen LogP contribution in [0.15, 0.2) is 24.3 Å². The highest BCUT2D eigenvalue weighted by atomic mass is 19.1. The van der Waals surface area contributed by atoms with Gasteiger partial charge >= 0.3 is 5.97 Å². The molecule has 0 saturated carbocycles. The van der Waals surface area contributed by atoms with E-state index in [1.54, 1.807) is 12.1 Å². The molecule has 0 amide bonds. The number of rotatable bonds is 6. The van der Waals surface area contributed by atoms with Gasteiger partial charge in [-0.05, 0) is 38.4 Å². The second kappa shape index (κ2) is 6.50. The average Bonchev–Trinajstić information content (AvgIpc) is 2.35. The van der Waals surface area contributed by atoms with Crippen LogP contribution in [0.4, 0.5) is 4.39 Å². The number of carbonyl (C=O) groups is 1. The Balaban J connectivity index is 2.35. The molecular weight excluding hydrogens is 233 g/mol. The molecule has 0 aliphatic rings. The van der Waals surface area contributed by atoms with Crippen LogP contribution in [-0.4, -0.2) is 26.2 Å². The lowest BCUT2D eigenvalue weighted by molar-refractivity contribution is -0.150. The molecule has 0 unspecified atom stereocenters. The average molecular weight is 253 g/mol. The van der Waals surface area contributed by atoms with Crippen LogP contribution in [0.1, 0.15) is 19.4 Å². The predicted molar refractivity (Wildman–Crippen MR) is 68.8 cm³/mol. The third-order valence-electron chi connectivity index (χ3n) is 2.83. The molecule has 1 N–H and O–H groups in total. The molecular formula is C14H20FNO2. The summed E-state index contributed by atoms with van der Waals surface area (Å²) in [6.07, 6.45) is 0.601. The van der Waals surface area contributed by atoms with E-state index in [0.29, 0.717) is 25.1 Å². The van der Waals surface area contributed by atoms with Crippen molar-refractivity contribution < 1.29 is 13.9 Å². The van der Waals surface area contributed by atoms with Crippen LogP contribution in [-0.2, 0) is 16.0 Å². The predicted octanol–water partition coefficient (Wildman–Crippen LogP) is 2.16. The minimum atomic E-state index is -0.565. The first kappa shape index (κ1) is 14.6. The fraction of sp³-hybridized carbons (Fsp3) is 0.500. The molecule has 18 heavy (non-hydrogen) atoms. The van der Waals surface area contributed by atoms with Crippen LogP contribution >= 0.6 is 0 Å². The number of methoxy groups -OCH3 is 1. The minimum absolute atomic E-state index is 0.188. The van der Waals surface area contributed by atoms with Crippen LogP contribution in [0.3, 0.4) is 0 Å². The van der Waals surface area contributed by atoms with Crippen molar-refractivity contribution in [2.45, 2.75) is 20.3 Å². The van der Waals surface area contributed by atoms with E-state index in [1.807, 2.05) is 19.9 Å². The summed E-state index contributed by atoms with van der Waals surface area (Å²) in [4.78, 5) is 11.4. The highest BCUT2D eigenvalue weighted by molar-refractivity contribution is 5.76. The van der Waals surface area contributed by atoms with Crippen LogP contribution in [0.5, 0.6) is 0 Å². The van der Waals surface area contributed by atoms with Gasteiger partial charge in [-0.25, -0.2) is 4.39 Å². The van der Waals surface area contributed by atoms with Gasteiger partial charge in [0.15, 0.2) is 0 Å². The maximum atomic E-state index is 13.3. The van der Waals surface area contributed by atoms with Gasteiger partial charge < -0.3 is 10.1 Å². The van der Waals surface area contributed by atoms with E-state index in [1.165, 1.54) is 13.2 Å². The maximum absolute atomic E-state index is 13.3. The van der Waals surface area contributed by atoms with Gasteiger partial charge in [-0.3, -0.25) is 4.79 Å². The van der Waals surface area contributed by atoms with Gasteiger partial charge in [0.05, 0.1) is 12.5 Å². The van der Waals surface area contributed by atoms with Crippen LogP contribution < -0.4 is 5.32 Å². The van der Waals surface area contributed by atoms with Gasteiger partial charge in [0.1, 0.15) is 5.82 Å². The third kappa shape index (κ3) is 4.11. The minimum Gasteiger partial charge on any atom is -0.469 e. The Labute approximate surface area is 107 Å². The van der Waals surface area contributed by atoms with E-state index >= 15 is 0 Å². The number of hydrogen-bond acceptors (Lipinski definition) is 3. The summed E-state index contributed by atoms with van der Waals surface area (Å²) in [5, 5.41) is 3.15. The lowest BCUT2D eigenvalue weighted by atomic mass is 9.94. The largest absolute Gasteiger partial charge is 0.469 e. The molecule has 0 aliphatic heterocycles. The molecule has 0 radical (unpaired) electrons. The van der Waals surface area contributed by atoms with Crippen molar-refractivity contribution in [3.8, 4) is 0 Å². The van der Waals surface area contributed by atoms with Crippen molar-refractivity contribution in [2.75, 3.05) is 20.2 Å². The van der Waals surface area contributed by atoms with Crippen molar-refractivity contribution in [3.05, 3.63) is 35.6 Å². The third-order valence-corrected chi connectivity index (χ3v) is 2.83. The van der Waals surface area contributed by atoms with Gasteiger partial charge in [-0.2, -0.15) is 0 Å². The Hall–Kier alpha value is -1.42. The fourth-order valence-corrected chi connectivity index (χ4v) is 1.67. The second-order valence-electron chi connectivity index (χ2n) is 4.89. The van der Waals surface area contributed by atoms with E-state index in [4.69, 9.17) is 4.74 Å². The van der Waals surface area contributed by atoms with E-state index in [0.717, 1.165) is 0 Å². The summed E-state index contributed by atoms with van der Waals surface area (Å²) in [7, 11) is 1.38. The Kier molecular flexibility index (Phi) is 5.28. The molecule has 1 rings (SSSR count). The molecule has 0 bridgehead atoms. The molecule has 0 aromatic heterocycles. The van der Waals surface area contributed by atoms with Gasteiger partial charge in [-0.1, -0.05) is 18.2 Å². The van der Waals surface area contributed by atoms with Crippen LogP contribution in [0, 0.1) is 11.2 Å². The van der Waals surface area contributed by atoms with Crippen molar-refractivity contribution in [3.63, 3.8) is 0 Å². The second-order valence-corrected chi connectivity index (χ2v) is 4.89. The zero-order chi connectivity index (χ0) is 13.6. The number of carbonyl (C=O) groups excluding carboxylic acids is 1. The molecule has 0 heterocycles. The Morgan fingerprint density at radius 1 is 1.39 bits per heavy atom. The molecule has 4 heteroatoms. The van der Waals surface area contributed by atoms with Crippen LogP contribution in [0.25, 0.3) is 0 Å². The number of nitrogens with one attached hydrogen (secondary N) is 1. The summed E-state index contributed by atoms with van der Waals surface area (Å²) in [6.45, 7) is 4.76. The Morgan fingerprint density at radius 3 is 2.67 bits per heavy atom. The zero-order valence-electron chi connectivity index (χ0n) is 11.1. The zero-order valence-corrected chi connectivity index (χ0v) is 11.1. The van der Waals surface area contributed by atoms with E-state index in [9.17, 15) is 9.18 Å². The smallest absolute Gasteiger partial charge is 0.312 e. The van der Waals surface area contributed by atoms with Crippen molar-refractivity contribution in [1.82, 2.24) is 5.32 Å². The summed E-state index contributed by atoms with van der Waals surface area (Å²) in [5.41, 5.74) is 0.116. The highest BCUT2D eigenvalue weighted by Gasteiger charge is 2.27. The molecule has 0 fully saturated rings. The Bertz CT molecular complexity index is 405. The van der Waals surface area contributed by atoms with Crippen LogP contribution in [0.2, 0.25) is 0 Å². The normalized spacial score (nSPS) is 11.3. The number of ether oxygens (including phenoxy) is 1. The first-order chi connectivity index (χ1) is 8.47. The fourth-order valence-electron chi connectivity index (χ4n) is 1.67. The lowest BCUT2D eigenvalue weighted by Crippen LogP contribution is -2.37. The molecule has 0 atom stereocenters. The standard InChI is InChI=1S/C14H20FNO2/c1-14(2,13(17)18-3)10-16-9-8-11-6-4-5-7-12(11)15/h4-7,16H,8-10H2,1-3H3. The molecule has 0 spiro atoms. The monoisotopic (exact) mass is 253 g/mol. The number of halogens is 1. The summed E-state index contributed by atoms with van der Waals surface area (Å²) < 4.78 is 18.0.